The number of hydrogen-bond acceptors (Lipinski definition) is 7. The molecule has 8 heteroatoms. The molecule has 30 heavy (non-hydrogen) atoms. The molecule has 0 fully saturated rings. The summed E-state index contributed by atoms with van der Waals surface area (Å²) in [5, 5.41) is 31.2. The summed E-state index contributed by atoms with van der Waals surface area (Å²) in [7, 11) is 0. The molecule has 0 radical (unpaired) electrons. The zero-order valence-corrected chi connectivity index (χ0v) is 17.4. The molecule has 3 heterocycles. The summed E-state index contributed by atoms with van der Waals surface area (Å²) in [6, 6.07) is 0. The van der Waals surface area contributed by atoms with Crippen LogP contribution in [-0.4, -0.2) is 54.9 Å². The molecule has 0 bridgehead atoms. The van der Waals surface area contributed by atoms with Crippen LogP contribution in [-0.2, 0) is 4.79 Å². The van der Waals surface area contributed by atoms with E-state index in [-0.39, 0.29) is 12.3 Å². The van der Waals surface area contributed by atoms with E-state index in [1.807, 2.05) is 6.08 Å². The maximum Gasteiger partial charge on any atom is 0.303 e. The average molecular weight is 415 g/mol. The van der Waals surface area contributed by atoms with Crippen LogP contribution in [0.1, 0.15) is 68.7 Å². The summed E-state index contributed by atoms with van der Waals surface area (Å²) in [6.07, 6.45) is 12.0. The Kier molecular flexibility index (Phi) is 7.70. The monoisotopic (exact) mass is 414 g/mol. The topological polar surface area (TPSA) is 119 Å². The van der Waals surface area contributed by atoms with E-state index in [1.165, 1.54) is 0 Å². The van der Waals surface area contributed by atoms with Crippen molar-refractivity contribution in [2.24, 2.45) is 4.99 Å². The molecule has 1 aromatic rings. The SMILES string of the molecule is Cc1ncc(C(CCCCCC(O)C2=CC=C3CCCN=C3N2O)CC(=O)O)cn1. The summed E-state index contributed by atoms with van der Waals surface area (Å²) >= 11 is 0. The Bertz CT molecular complexity index is 832. The fourth-order valence-electron chi connectivity index (χ4n) is 3.92. The largest absolute Gasteiger partial charge is 0.481 e. The van der Waals surface area contributed by atoms with Crippen LogP contribution in [0.25, 0.3) is 0 Å². The van der Waals surface area contributed by atoms with Gasteiger partial charge in [0.25, 0.3) is 0 Å². The van der Waals surface area contributed by atoms with Crippen molar-refractivity contribution < 1.29 is 20.2 Å². The number of hydrogen-bond donors (Lipinski definition) is 3. The number of carboxylic acid groups (broad SMARTS) is 1. The van der Waals surface area contributed by atoms with Gasteiger partial charge in [0, 0.05) is 18.9 Å². The zero-order valence-electron chi connectivity index (χ0n) is 17.4. The second-order valence-electron chi connectivity index (χ2n) is 7.92. The lowest BCUT2D eigenvalue weighted by atomic mass is 9.91. The Morgan fingerprint density at radius 3 is 2.63 bits per heavy atom. The van der Waals surface area contributed by atoms with E-state index in [2.05, 4.69) is 15.0 Å². The Morgan fingerprint density at radius 2 is 1.90 bits per heavy atom. The molecule has 0 aliphatic carbocycles. The van der Waals surface area contributed by atoms with Crippen LogP contribution in [0.2, 0.25) is 0 Å². The standard InChI is InChI=1S/C22H30N4O4/c1-15-24-13-18(14-25-15)17(12-21(28)29)6-3-2-4-8-20(27)19-10-9-16-7-5-11-23-22(16)26(19)30/h9-10,13-14,17,20,27,30H,2-8,11-12H2,1H3,(H,28,29). The maximum atomic E-state index is 11.2. The smallest absolute Gasteiger partial charge is 0.303 e. The second kappa shape index (κ2) is 10.4. The van der Waals surface area contributed by atoms with Crippen LogP contribution in [0.3, 0.4) is 0 Å². The minimum Gasteiger partial charge on any atom is -0.481 e. The molecular formula is C22H30N4O4. The quantitative estimate of drug-likeness (QED) is 0.502. The first-order chi connectivity index (χ1) is 14.5. The summed E-state index contributed by atoms with van der Waals surface area (Å²) in [4.78, 5) is 23.9. The minimum absolute atomic E-state index is 0.0538. The first kappa shape index (κ1) is 22.1. The van der Waals surface area contributed by atoms with Crippen molar-refractivity contribution in [2.45, 2.75) is 70.3 Å². The number of aliphatic imine (C=N–C) groups is 1. The fraction of sp³-hybridized carbons (Fsp3) is 0.545. The number of rotatable bonds is 10. The van der Waals surface area contributed by atoms with Crippen molar-refractivity contribution >= 4 is 11.8 Å². The first-order valence-corrected chi connectivity index (χ1v) is 10.6. The van der Waals surface area contributed by atoms with E-state index >= 15 is 0 Å². The highest BCUT2D eigenvalue weighted by Crippen LogP contribution is 2.28. The van der Waals surface area contributed by atoms with E-state index in [1.54, 1.807) is 25.4 Å². The normalized spacial score (nSPS) is 18.1. The van der Waals surface area contributed by atoms with Gasteiger partial charge in [0.05, 0.1) is 18.2 Å². The summed E-state index contributed by atoms with van der Waals surface area (Å²) in [6.45, 7) is 2.49. The average Bonchev–Trinajstić information content (AvgIpc) is 2.73. The number of unbranched alkanes of at least 4 members (excludes halogenated alkanes) is 2. The van der Waals surface area contributed by atoms with Crippen molar-refractivity contribution in [3.63, 3.8) is 0 Å². The third-order valence-electron chi connectivity index (χ3n) is 5.62. The van der Waals surface area contributed by atoms with Gasteiger partial charge in [0.1, 0.15) is 5.82 Å². The lowest BCUT2D eigenvalue weighted by Gasteiger charge is -2.31. The molecule has 2 unspecified atom stereocenters. The van der Waals surface area contributed by atoms with Gasteiger partial charge in [-0.2, -0.15) is 0 Å². The van der Waals surface area contributed by atoms with E-state index in [9.17, 15) is 20.2 Å². The summed E-state index contributed by atoms with van der Waals surface area (Å²) < 4.78 is 0. The van der Waals surface area contributed by atoms with Crippen molar-refractivity contribution in [1.82, 2.24) is 15.0 Å². The van der Waals surface area contributed by atoms with E-state index < -0.39 is 12.1 Å². The molecule has 0 amide bonds. The number of aliphatic carboxylic acids is 1. The van der Waals surface area contributed by atoms with Crippen LogP contribution >= 0.6 is 0 Å². The Labute approximate surface area is 176 Å². The van der Waals surface area contributed by atoms with Crippen molar-refractivity contribution in [3.05, 3.63) is 47.2 Å². The third-order valence-corrected chi connectivity index (χ3v) is 5.62. The highest BCUT2D eigenvalue weighted by atomic mass is 16.5. The van der Waals surface area contributed by atoms with Gasteiger partial charge in [0.2, 0.25) is 0 Å². The molecule has 162 valence electrons. The molecule has 3 N–H and O–H groups in total. The fourth-order valence-corrected chi connectivity index (χ4v) is 3.92. The number of aromatic nitrogens is 2. The number of allylic oxidation sites excluding steroid dienone is 2. The molecule has 8 nitrogen and oxygen atoms in total. The number of amidine groups is 1. The van der Waals surface area contributed by atoms with Gasteiger partial charge < -0.3 is 10.2 Å². The van der Waals surface area contributed by atoms with Gasteiger partial charge in [0.15, 0.2) is 5.84 Å². The predicted molar refractivity (Wildman–Crippen MR) is 112 cm³/mol. The number of nitrogens with zero attached hydrogens (tertiary/aromatic N) is 4. The van der Waals surface area contributed by atoms with E-state index in [0.717, 1.165) is 54.7 Å². The van der Waals surface area contributed by atoms with Crippen LogP contribution in [0.15, 0.2) is 40.8 Å². The molecule has 0 aromatic carbocycles. The van der Waals surface area contributed by atoms with Crippen LogP contribution in [0.4, 0.5) is 0 Å². The Balaban J connectivity index is 1.46. The van der Waals surface area contributed by atoms with Gasteiger partial charge in [-0.1, -0.05) is 25.3 Å². The molecule has 3 rings (SSSR count). The highest BCUT2D eigenvalue weighted by Gasteiger charge is 2.27. The van der Waals surface area contributed by atoms with E-state index in [4.69, 9.17) is 0 Å². The summed E-state index contributed by atoms with van der Waals surface area (Å²) in [5.74, 6) is 0.267. The molecule has 2 aliphatic rings. The van der Waals surface area contributed by atoms with Crippen molar-refractivity contribution in [2.75, 3.05) is 6.54 Å². The number of aryl methyl sites for hydroxylation is 1. The molecule has 0 spiro atoms. The van der Waals surface area contributed by atoms with Gasteiger partial charge >= 0.3 is 5.97 Å². The molecule has 2 atom stereocenters. The lowest BCUT2D eigenvalue weighted by molar-refractivity contribution is -0.137. The molecule has 1 aromatic heterocycles. The third kappa shape index (κ3) is 5.73. The zero-order chi connectivity index (χ0) is 21.5. The number of hydroxylamine groups is 2. The number of carbonyl (C=O) groups is 1. The van der Waals surface area contributed by atoms with Gasteiger partial charge in [-0.25, -0.2) is 15.0 Å². The minimum atomic E-state index is -0.832. The predicted octanol–water partition coefficient (Wildman–Crippen LogP) is 3.36. The lowest BCUT2D eigenvalue weighted by Crippen LogP contribution is -2.37. The Morgan fingerprint density at radius 1 is 1.17 bits per heavy atom. The van der Waals surface area contributed by atoms with Crippen LogP contribution < -0.4 is 0 Å². The van der Waals surface area contributed by atoms with Gasteiger partial charge in [-0.05, 0) is 55.7 Å². The van der Waals surface area contributed by atoms with Gasteiger partial charge in [-0.15, -0.1) is 0 Å². The molecular weight excluding hydrogens is 384 g/mol. The summed E-state index contributed by atoms with van der Waals surface area (Å²) in [5.41, 5.74) is 2.31. The van der Waals surface area contributed by atoms with E-state index in [0.29, 0.717) is 30.3 Å². The number of carboxylic acids is 1. The maximum absolute atomic E-state index is 11.2. The first-order valence-electron chi connectivity index (χ1n) is 10.6. The second-order valence-corrected chi connectivity index (χ2v) is 7.92. The Hall–Kier alpha value is -2.58. The van der Waals surface area contributed by atoms with Crippen LogP contribution in [0, 0.1) is 6.92 Å². The molecule has 0 saturated carbocycles. The highest BCUT2D eigenvalue weighted by molar-refractivity contribution is 6.00. The van der Waals surface area contributed by atoms with Crippen LogP contribution in [0.5, 0.6) is 0 Å². The van der Waals surface area contributed by atoms with Crippen molar-refractivity contribution in [3.8, 4) is 0 Å². The van der Waals surface area contributed by atoms with Crippen molar-refractivity contribution in [1.29, 1.82) is 0 Å². The number of aliphatic hydroxyl groups excluding tert-OH is 1. The van der Waals surface area contributed by atoms with Gasteiger partial charge in [-0.3, -0.25) is 15.0 Å². The number of aliphatic hydroxyl groups is 1. The molecule has 0 saturated heterocycles. The molecule has 2 aliphatic heterocycles. The number of fused-ring (bicyclic) bond motifs is 1.